The molecule has 0 aliphatic carbocycles. The van der Waals surface area contributed by atoms with E-state index in [1.54, 1.807) is 6.07 Å². The van der Waals surface area contributed by atoms with Crippen molar-refractivity contribution in [2.75, 3.05) is 0 Å². The monoisotopic (exact) mass is 251 g/mol. The van der Waals surface area contributed by atoms with Gasteiger partial charge in [-0.15, -0.1) is 0 Å². The lowest BCUT2D eigenvalue weighted by molar-refractivity contribution is -0.384. The van der Waals surface area contributed by atoms with Gasteiger partial charge in [-0.2, -0.15) is 0 Å². The summed E-state index contributed by atoms with van der Waals surface area (Å²) in [5.41, 5.74) is 0.473. The van der Waals surface area contributed by atoms with Crippen LogP contribution in [0.4, 0.5) is 5.69 Å². The Labute approximate surface area is 101 Å². The van der Waals surface area contributed by atoms with E-state index in [0.717, 1.165) is 0 Å². The molecule has 0 saturated heterocycles. The molecule has 0 radical (unpaired) electrons. The SMILES string of the molecule is O=C(Cl)c1ccc(-c2cccc([N+](=O)[O-])c2)o1. The van der Waals surface area contributed by atoms with E-state index >= 15 is 0 Å². The molecule has 1 aromatic heterocycles. The van der Waals surface area contributed by atoms with Gasteiger partial charge in [-0.3, -0.25) is 14.9 Å². The lowest BCUT2D eigenvalue weighted by atomic mass is 10.1. The molecule has 17 heavy (non-hydrogen) atoms. The number of halogens is 1. The first kappa shape index (κ1) is 11.3. The van der Waals surface area contributed by atoms with E-state index in [0.29, 0.717) is 11.3 Å². The summed E-state index contributed by atoms with van der Waals surface area (Å²) in [6.07, 6.45) is 0. The van der Waals surface area contributed by atoms with Gasteiger partial charge in [-0.1, -0.05) is 12.1 Å². The van der Waals surface area contributed by atoms with Crippen LogP contribution in [0.25, 0.3) is 11.3 Å². The Bertz CT molecular complexity index is 591. The molecule has 0 amide bonds. The Morgan fingerprint density at radius 3 is 2.65 bits per heavy atom. The van der Waals surface area contributed by atoms with Crippen LogP contribution >= 0.6 is 11.6 Å². The minimum absolute atomic E-state index is 0.00757. The predicted octanol–water partition coefficient (Wildman–Crippen LogP) is 3.23. The number of benzene rings is 1. The number of carbonyl (C=O) groups is 1. The molecule has 0 fully saturated rings. The van der Waals surface area contributed by atoms with Gasteiger partial charge < -0.3 is 4.42 Å². The highest BCUT2D eigenvalue weighted by molar-refractivity contribution is 6.67. The normalized spacial score (nSPS) is 10.2. The summed E-state index contributed by atoms with van der Waals surface area (Å²) in [5.74, 6) is 0.367. The molecule has 0 bridgehead atoms. The number of nitrogens with zero attached hydrogens (tertiary/aromatic N) is 1. The van der Waals surface area contributed by atoms with Crippen molar-refractivity contribution >= 4 is 22.5 Å². The Balaban J connectivity index is 2.42. The highest BCUT2D eigenvalue weighted by Crippen LogP contribution is 2.26. The van der Waals surface area contributed by atoms with Crippen LogP contribution in [0.15, 0.2) is 40.8 Å². The van der Waals surface area contributed by atoms with Crippen molar-refractivity contribution in [1.82, 2.24) is 0 Å². The van der Waals surface area contributed by atoms with Crippen LogP contribution in [0.2, 0.25) is 0 Å². The number of nitro groups is 1. The lowest BCUT2D eigenvalue weighted by Crippen LogP contribution is -1.87. The van der Waals surface area contributed by atoms with Crippen molar-refractivity contribution in [3.8, 4) is 11.3 Å². The highest BCUT2D eigenvalue weighted by Gasteiger charge is 2.12. The number of hydrogen-bond acceptors (Lipinski definition) is 4. The zero-order valence-electron chi connectivity index (χ0n) is 8.42. The summed E-state index contributed by atoms with van der Waals surface area (Å²) >= 11 is 5.24. The summed E-state index contributed by atoms with van der Waals surface area (Å²) in [6, 6.07) is 8.88. The number of nitro benzene ring substituents is 1. The van der Waals surface area contributed by atoms with Crippen molar-refractivity contribution in [1.29, 1.82) is 0 Å². The van der Waals surface area contributed by atoms with Gasteiger partial charge >= 0.3 is 0 Å². The Hall–Kier alpha value is -2.14. The first-order valence-corrected chi connectivity index (χ1v) is 5.00. The van der Waals surface area contributed by atoms with E-state index < -0.39 is 10.2 Å². The second-order valence-corrected chi connectivity index (χ2v) is 3.59. The molecule has 0 aliphatic heterocycles. The average Bonchev–Trinajstić information content (AvgIpc) is 2.78. The zero-order chi connectivity index (χ0) is 12.4. The minimum Gasteiger partial charge on any atom is -0.452 e. The molecule has 0 unspecified atom stereocenters. The van der Waals surface area contributed by atoms with E-state index in [1.165, 1.54) is 30.3 Å². The van der Waals surface area contributed by atoms with Crippen LogP contribution in [0.1, 0.15) is 10.6 Å². The third-order valence-corrected chi connectivity index (χ3v) is 2.33. The van der Waals surface area contributed by atoms with Gasteiger partial charge in [0.2, 0.25) is 0 Å². The molecule has 6 heteroatoms. The summed E-state index contributed by atoms with van der Waals surface area (Å²) in [4.78, 5) is 20.9. The Morgan fingerprint density at radius 2 is 2.06 bits per heavy atom. The number of rotatable bonds is 3. The third-order valence-electron chi connectivity index (χ3n) is 2.14. The lowest BCUT2D eigenvalue weighted by Gasteiger charge is -1.96. The molecular formula is C11H6ClNO4. The third kappa shape index (κ3) is 2.34. The average molecular weight is 252 g/mol. The van der Waals surface area contributed by atoms with Crippen LogP contribution in [-0.4, -0.2) is 10.2 Å². The maximum atomic E-state index is 10.8. The molecule has 2 rings (SSSR count). The molecule has 1 heterocycles. The highest BCUT2D eigenvalue weighted by atomic mass is 35.5. The van der Waals surface area contributed by atoms with Crippen molar-refractivity contribution in [3.63, 3.8) is 0 Å². The van der Waals surface area contributed by atoms with Crippen LogP contribution in [0, 0.1) is 10.1 Å². The summed E-state index contributed by atoms with van der Waals surface area (Å²) in [6.45, 7) is 0. The number of non-ortho nitro benzene ring substituents is 1. The first-order chi connectivity index (χ1) is 8.08. The van der Waals surface area contributed by atoms with Crippen LogP contribution in [0.5, 0.6) is 0 Å². The molecule has 0 aliphatic rings. The minimum atomic E-state index is -0.707. The molecule has 0 N–H and O–H groups in total. The Morgan fingerprint density at radius 1 is 1.29 bits per heavy atom. The summed E-state index contributed by atoms with van der Waals surface area (Å²) in [5, 5.41) is 9.89. The molecule has 5 nitrogen and oxygen atoms in total. The standard InChI is InChI=1S/C11H6ClNO4/c12-11(14)10-5-4-9(17-10)7-2-1-3-8(6-7)13(15)16/h1-6H. The van der Waals surface area contributed by atoms with E-state index in [4.69, 9.17) is 16.0 Å². The van der Waals surface area contributed by atoms with Crippen molar-refractivity contribution < 1.29 is 14.1 Å². The largest absolute Gasteiger partial charge is 0.452 e. The van der Waals surface area contributed by atoms with Crippen LogP contribution < -0.4 is 0 Å². The maximum Gasteiger partial charge on any atom is 0.287 e. The molecule has 86 valence electrons. The van der Waals surface area contributed by atoms with Crippen LogP contribution in [-0.2, 0) is 0 Å². The van der Waals surface area contributed by atoms with E-state index in [9.17, 15) is 14.9 Å². The zero-order valence-corrected chi connectivity index (χ0v) is 9.18. The Kier molecular flexibility index (Phi) is 2.93. The molecule has 0 atom stereocenters. The molecule has 2 aromatic rings. The van der Waals surface area contributed by atoms with Gasteiger partial charge in [-0.05, 0) is 23.7 Å². The number of furan rings is 1. The van der Waals surface area contributed by atoms with E-state index in [2.05, 4.69) is 0 Å². The smallest absolute Gasteiger partial charge is 0.287 e. The fourth-order valence-electron chi connectivity index (χ4n) is 1.37. The quantitative estimate of drug-likeness (QED) is 0.477. The van der Waals surface area contributed by atoms with Gasteiger partial charge in [-0.25, -0.2) is 0 Å². The van der Waals surface area contributed by atoms with Crippen LogP contribution in [0.3, 0.4) is 0 Å². The topological polar surface area (TPSA) is 73.3 Å². The molecule has 1 aromatic carbocycles. The van der Waals surface area contributed by atoms with E-state index in [-0.39, 0.29) is 11.4 Å². The van der Waals surface area contributed by atoms with Gasteiger partial charge in [0.15, 0.2) is 5.76 Å². The molecule has 0 saturated carbocycles. The second kappa shape index (κ2) is 4.39. The van der Waals surface area contributed by atoms with Crippen molar-refractivity contribution in [2.24, 2.45) is 0 Å². The van der Waals surface area contributed by atoms with Crippen molar-refractivity contribution in [2.45, 2.75) is 0 Å². The molecule has 0 spiro atoms. The fraction of sp³-hybridized carbons (Fsp3) is 0. The van der Waals surface area contributed by atoms with Gasteiger partial charge in [0, 0.05) is 17.7 Å². The van der Waals surface area contributed by atoms with Crippen molar-refractivity contribution in [3.05, 3.63) is 52.3 Å². The van der Waals surface area contributed by atoms with Gasteiger partial charge in [0.1, 0.15) is 5.76 Å². The first-order valence-electron chi connectivity index (χ1n) is 4.62. The second-order valence-electron chi connectivity index (χ2n) is 3.25. The summed E-state index contributed by atoms with van der Waals surface area (Å²) < 4.78 is 5.16. The maximum absolute atomic E-state index is 10.8. The molecular weight excluding hydrogens is 246 g/mol. The van der Waals surface area contributed by atoms with E-state index in [1.807, 2.05) is 0 Å². The number of carbonyl (C=O) groups excluding carboxylic acids is 1. The summed E-state index contributed by atoms with van der Waals surface area (Å²) in [7, 11) is 0. The number of hydrogen-bond donors (Lipinski definition) is 0. The van der Waals surface area contributed by atoms with Gasteiger partial charge in [0.25, 0.3) is 10.9 Å². The fourth-order valence-corrected chi connectivity index (χ4v) is 1.47. The predicted molar refractivity (Wildman–Crippen MR) is 61.0 cm³/mol. The van der Waals surface area contributed by atoms with Gasteiger partial charge in [0.05, 0.1) is 4.92 Å².